The number of hydrogen-bond donors (Lipinski definition) is 1. The Hall–Kier alpha value is -1.07. The summed E-state index contributed by atoms with van der Waals surface area (Å²) < 4.78 is 0.745. The van der Waals surface area contributed by atoms with E-state index in [2.05, 4.69) is 5.32 Å². The third kappa shape index (κ3) is 2.99. The maximum absolute atomic E-state index is 12.5. The van der Waals surface area contributed by atoms with E-state index in [1.807, 2.05) is 19.1 Å². The number of amides is 2. The van der Waals surface area contributed by atoms with Crippen molar-refractivity contribution in [2.45, 2.75) is 45.2 Å². The molecule has 1 atom stereocenters. The van der Waals surface area contributed by atoms with Crippen molar-refractivity contribution >= 4 is 34.8 Å². The van der Waals surface area contributed by atoms with Crippen LogP contribution < -0.4 is 5.32 Å². The van der Waals surface area contributed by atoms with Crippen molar-refractivity contribution in [3.63, 3.8) is 0 Å². The van der Waals surface area contributed by atoms with E-state index >= 15 is 0 Å². The van der Waals surface area contributed by atoms with E-state index in [9.17, 15) is 9.59 Å². The van der Waals surface area contributed by atoms with Crippen molar-refractivity contribution in [3.05, 3.63) is 21.3 Å². The molecule has 1 fully saturated rings. The lowest BCUT2D eigenvalue weighted by molar-refractivity contribution is -0.153. The van der Waals surface area contributed by atoms with Gasteiger partial charge in [0.2, 0.25) is 11.8 Å². The summed E-state index contributed by atoms with van der Waals surface area (Å²) in [7, 11) is 0. The van der Waals surface area contributed by atoms with Gasteiger partial charge in [-0.3, -0.25) is 9.59 Å². The maximum atomic E-state index is 12.5. The second-order valence-electron chi connectivity index (χ2n) is 5.49. The van der Waals surface area contributed by atoms with Gasteiger partial charge in [0.05, 0.1) is 4.34 Å². The van der Waals surface area contributed by atoms with E-state index in [1.54, 1.807) is 18.7 Å². The molecule has 0 saturated carbocycles. The fraction of sp³-hybridized carbons (Fsp3) is 0.571. The maximum Gasteiger partial charge on any atom is 0.248 e. The van der Waals surface area contributed by atoms with E-state index < -0.39 is 5.54 Å². The molecule has 6 heteroatoms. The largest absolute Gasteiger partial charge is 0.340 e. The average molecular weight is 315 g/mol. The molecule has 2 heterocycles. The molecule has 2 rings (SSSR count). The molecular weight excluding hydrogens is 296 g/mol. The lowest BCUT2D eigenvalue weighted by Gasteiger charge is -2.42. The van der Waals surface area contributed by atoms with Crippen molar-refractivity contribution in [1.29, 1.82) is 0 Å². The van der Waals surface area contributed by atoms with Gasteiger partial charge in [-0.05, 0) is 38.8 Å². The van der Waals surface area contributed by atoms with Gasteiger partial charge in [0.1, 0.15) is 11.6 Å². The van der Waals surface area contributed by atoms with Gasteiger partial charge in [0.15, 0.2) is 0 Å². The first-order valence-corrected chi connectivity index (χ1v) is 7.92. The molecule has 1 saturated heterocycles. The van der Waals surface area contributed by atoms with Crippen LogP contribution in [0.2, 0.25) is 4.34 Å². The van der Waals surface area contributed by atoms with Gasteiger partial charge in [0, 0.05) is 11.4 Å². The van der Waals surface area contributed by atoms with Crippen LogP contribution in [0.15, 0.2) is 12.1 Å². The minimum atomic E-state index is -0.824. The first-order valence-electron chi connectivity index (χ1n) is 6.72. The van der Waals surface area contributed by atoms with Gasteiger partial charge < -0.3 is 10.2 Å². The summed E-state index contributed by atoms with van der Waals surface area (Å²) in [6.07, 6.45) is 1.35. The third-order valence-corrected chi connectivity index (χ3v) is 4.82. The van der Waals surface area contributed by atoms with E-state index in [0.29, 0.717) is 13.0 Å². The number of nitrogens with zero attached hydrogens (tertiary/aromatic N) is 1. The van der Waals surface area contributed by atoms with Gasteiger partial charge in [-0.2, -0.15) is 0 Å². The normalized spacial score (nSPS) is 22.0. The summed E-state index contributed by atoms with van der Waals surface area (Å²) in [5.41, 5.74) is -0.824. The van der Waals surface area contributed by atoms with E-state index in [1.165, 1.54) is 11.3 Å². The number of rotatable bonds is 4. The molecule has 1 aliphatic heterocycles. The van der Waals surface area contributed by atoms with Crippen LogP contribution in [0, 0.1) is 0 Å². The van der Waals surface area contributed by atoms with Crippen LogP contribution in [0.1, 0.15) is 32.1 Å². The molecule has 0 radical (unpaired) electrons. The Morgan fingerprint density at radius 3 is 2.65 bits per heavy atom. The number of nitrogens with one attached hydrogen (secondary N) is 1. The zero-order valence-corrected chi connectivity index (χ0v) is 13.5. The van der Waals surface area contributed by atoms with Crippen LogP contribution in [0.4, 0.5) is 0 Å². The Bertz CT molecular complexity index is 527. The molecule has 0 bridgehead atoms. The Balaban J connectivity index is 2.12. The minimum absolute atomic E-state index is 0.0217. The topological polar surface area (TPSA) is 49.4 Å². The van der Waals surface area contributed by atoms with Crippen LogP contribution in [-0.4, -0.2) is 34.8 Å². The zero-order chi connectivity index (χ0) is 14.9. The summed E-state index contributed by atoms with van der Waals surface area (Å²) in [5.74, 6) is -0.0899. The van der Waals surface area contributed by atoms with Crippen molar-refractivity contribution in [3.8, 4) is 0 Å². The van der Waals surface area contributed by atoms with Crippen LogP contribution in [-0.2, 0) is 16.0 Å². The quantitative estimate of drug-likeness (QED) is 0.928. The molecule has 1 aromatic rings. The van der Waals surface area contributed by atoms with Crippen LogP contribution >= 0.6 is 22.9 Å². The second kappa shape index (κ2) is 5.74. The Morgan fingerprint density at radius 1 is 1.40 bits per heavy atom. The fourth-order valence-electron chi connectivity index (χ4n) is 2.47. The second-order valence-corrected chi connectivity index (χ2v) is 7.29. The van der Waals surface area contributed by atoms with Crippen LogP contribution in [0.3, 0.4) is 0 Å². The first kappa shape index (κ1) is 15.3. The van der Waals surface area contributed by atoms with Gasteiger partial charge in [-0.25, -0.2) is 0 Å². The highest BCUT2D eigenvalue weighted by molar-refractivity contribution is 7.16. The van der Waals surface area contributed by atoms with Crippen LogP contribution in [0.5, 0.6) is 0 Å². The number of hydrogen-bond acceptors (Lipinski definition) is 3. The number of halogens is 1. The fourth-order valence-corrected chi connectivity index (χ4v) is 3.54. The molecule has 20 heavy (non-hydrogen) atoms. The molecule has 4 nitrogen and oxygen atoms in total. The Labute approximate surface area is 128 Å². The minimum Gasteiger partial charge on any atom is -0.340 e. The van der Waals surface area contributed by atoms with Crippen molar-refractivity contribution in [1.82, 2.24) is 10.2 Å². The smallest absolute Gasteiger partial charge is 0.248 e. The molecule has 0 spiro atoms. The molecule has 1 N–H and O–H groups in total. The lowest BCUT2D eigenvalue weighted by Crippen LogP contribution is -2.68. The molecular formula is C14H19ClN2O2S. The molecule has 2 amide bonds. The van der Waals surface area contributed by atoms with E-state index in [-0.39, 0.29) is 17.9 Å². The average Bonchev–Trinajstić information content (AvgIpc) is 2.77. The number of carbonyl (C=O) groups excluding carboxylic acids is 2. The lowest BCUT2D eigenvalue weighted by atomic mass is 9.95. The van der Waals surface area contributed by atoms with Crippen molar-refractivity contribution < 1.29 is 9.59 Å². The van der Waals surface area contributed by atoms with Gasteiger partial charge in [0.25, 0.3) is 0 Å². The summed E-state index contributed by atoms with van der Waals surface area (Å²) in [4.78, 5) is 27.4. The monoisotopic (exact) mass is 314 g/mol. The summed E-state index contributed by atoms with van der Waals surface area (Å²) >= 11 is 7.42. The molecule has 0 aromatic carbocycles. The van der Waals surface area contributed by atoms with E-state index in [4.69, 9.17) is 11.6 Å². The summed E-state index contributed by atoms with van der Waals surface area (Å²) in [6.45, 7) is 5.96. The standard InChI is InChI=1S/C14H19ClN2O2S/c1-4-10-12(18)16-14(2,3)13(19)17(10)8-7-9-5-6-11(15)20-9/h5-6,10H,4,7-8H2,1-3H3,(H,16,18). The first-order chi connectivity index (χ1) is 9.35. The summed E-state index contributed by atoms with van der Waals surface area (Å²) in [5, 5.41) is 2.79. The predicted octanol–water partition coefficient (Wildman–Crippen LogP) is 2.46. The Morgan fingerprint density at radius 2 is 2.10 bits per heavy atom. The van der Waals surface area contributed by atoms with Gasteiger partial charge >= 0.3 is 0 Å². The summed E-state index contributed by atoms with van der Waals surface area (Å²) in [6, 6.07) is 3.45. The highest BCUT2D eigenvalue weighted by atomic mass is 35.5. The van der Waals surface area contributed by atoms with Gasteiger partial charge in [-0.15, -0.1) is 11.3 Å². The zero-order valence-electron chi connectivity index (χ0n) is 11.9. The number of piperazine rings is 1. The number of carbonyl (C=O) groups is 2. The number of thiophene rings is 1. The van der Waals surface area contributed by atoms with E-state index in [0.717, 1.165) is 15.6 Å². The molecule has 110 valence electrons. The molecule has 1 unspecified atom stereocenters. The SMILES string of the molecule is CCC1C(=O)NC(C)(C)C(=O)N1CCc1ccc(Cl)s1. The molecule has 0 aliphatic carbocycles. The van der Waals surface area contributed by atoms with Crippen LogP contribution in [0.25, 0.3) is 0 Å². The molecule has 1 aromatic heterocycles. The Kier molecular flexibility index (Phi) is 4.39. The van der Waals surface area contributed by atoms with Gasteiger partial charge in [-0.1, -0.05) is 18.5 Å². The third-order valence-electron chi connectivity index (χ3n) is 3.52. The highest BCUT2D eigenvalue weighted by Gasteiger charge is 2.44. The van der Waals surface area contributed by atoms with Crippen molar-refractivity contribution in [2.75, 3.05) is 6.54 Å². The predicted molar refractivity (Wildman–Crippen MR) is 81.0 cm³/mol. The van der Waals surface area contributed by atoms with Crippen molar-refractivity contribution in [2.24, 2.45) is 0 Å². The highest BCUT2D eigenvalue weighted by Crippen LogP contribution is 2.24. The molecule has 1 aliphatic rings.